The fraction of sp³-hybridized carbons (Fsp3) is 0.278. The highest BCUT2D eigenvalue weighted by Gasteiger charge is 2.30. The van der Waals surface area contributed by atoms with E-state index in [1.807, 2.05) is 34.3 Å². The second-order valence-electron chi connectivity index (χ2n) is 12.1. The quantitative estimate of drug-likeness (QED) is 0.171. The molecular formula is C36H32F2N6O4S2. The lowest BCUT2D eigenvalue weighted by atomic mass is 9.97. The van der Waals surface area contributed by atoms with E-state index in [-0.39, 0.29) is 35.3 Å². The van der Waals surface area contributed by atoms with Gasteiger partial charge in [0.2, 0.25) is 23.4 Å². The number of hydrogen-bond acceptors (Lipinski definition) is 10. The molecule has 0 N–H and O–H groups in total. The molecule has 2 aliphatic rings. The van der Waals surface area contributed by atoms with Gasteiger partial charge in [0.25, 0.3) is 11.8 Å². The zero-order valence-electron chi connectivity index (χ0n) is 26.8. The summed E-state index contributed by atoms with van der Waals surface area (Å²) in [6.07, 6.45) is 3.54. The van der Waals surface area contributed by atoms with Crippen molar-refractivity contribution in [2.24, 2.45) is 0 Å². The SMILES string of the molecule is O=C(c1ccc(F)cc1)N1CCC[C@H](c2nc(-c3cccs3)no2)C1.O=C(c1ccc(F)cc1)N1CCC[C@H](c2nc(-c3ccsc3)no2)C1. The zero-order chi connectivity index (χ0) is 34.5. The van der Waals surface area contributed by atoms with E-state index in [4.69, 9.17) is 9.05 Å². The van der Waals surface area contributed by atoms with Crippen LogP contribution in [0.3, 0.4) is 0 Å². The van der Waals surface area contributed by atoms with Gasteiger partial charge in [0.1, 0.15) is 11.6 Å². The van der Waals surface area contributed by atoms with Crippen molar-refractivity contribution < 1.29 is 27.4 Å². The molecule has 2 aliphatic heterocycles. The second-order valence-corrected chi connectivity index (χ2v) is 13.8. The zero-order valence-corrected chi connectivity index (χ0v) is 28.4. The first-order valence-electron chi connectivity index (χ1n) is 16.2. The molecule has 10 nitrogen and oxygen atoms in total. The molecule has 0 unspecified atom stereocenters. The molecule has 2 amide bonds. The number of benzene rings is 2. The van der Waals surface area contributed by atoms with Gasteiger partial charge in [-0.15, -0.1) is 11.3 Å². The Hall–Kier alpha value is -5.08. The molecule has 2 fully saturated rings. The Morgan fingerprint density at radius 3 is 1.74 bits per heavy atom. The van der Waals surface area contributed by atoms with Crippen molar-refractivity contribution in [3.8, 4) is 22.1 Å². The Morgan fingerprint density at radius 2 is 1.24 bits per heavy atom. The Balaban J connectivity index is 0.000000157. The summed E-state index contributed by atoms with van der Waals surface area (Å²) in [5, 5.41) is 14.0. The number of nitrogens with zero attached hydrogens (tertiary/aromatic N) is 6. The molecule has 50 heavy (non-hydrogen) atoms. The minimum absolute atomic E-state index is 0.0260. The molecule has 4 aromatic heterocycles. The molecule has 8 rings (SSSR count). The van der Waals surface area contributed by atoms with Gasteiger partial charge in [-0.3, -0.25) is 9.59 Å². The van der Waals surface area contributed by atoms with Crippen LogP contribution in [0.2, 0.25) is 0 Å². The monoisotopic (exact) mass is 714 g/mol. The van der Waals surface area contributed by atoms with Gasteiger partial charge in [0, 0.05) is 48.2 Å². The fourth-order valence-electron chi connectivity index (χ4n) is 6.09. The van der Waals surface area contributed by atoms with Crippen molar-refractivity contribution >= 4 is 34.5 Å². The summed E-state index contributed by atoms with van der Waals surface area (Å²) in [4.78, 5) is 38.7. The maximum Gasteiger partial charge on any atom is 0.253 e. The van der Waals surface area contributed by atoms with Crippen LogP contribution in [0.15, 0.2) is 91.9 Å². The second kappa shape index (κ2) is 15.2. The van der Waals surface area contributed by atoms with Crippen LogP contribution in [0.25, 0.3) is 22.1 Å². The molecule has 256 valence electrons. The van der Waals surface area contributed by atoms with Crippen LogP contribution in [-0.2, 0) is 0 Å². The van der Waals surface area contributed by atoms with E-state index >= 15 is 0 Å². The van der Waals surface area contributed by atoms with Gasteiger partial charge < -0.3 is 18.8 Å². The van der Waals surface area contributed by atoms with Crippen LogP contribution >= 0.6 is 22.7 Å². The third kappa shape index (κ3) is 7.71. The smallest absolute Gasteiger partial charge is 0.253 e. The Bertz CT molecular complexity index is 1870. The molecule has 0 radical (unpaired) electrons. The fourth-order valence-corrected chi connectivity index (χ4v) is 7.38. The van der Waals surface area contributed by atoms with Gasteiger partial charge in [0.05, 0.1) is 16.7 Å². The average molecular weight is 715 g/mol. The Kier molecular flexibility index (Phi) is 10.2. The van der Waals surface area contributed by atoms with Gasteiger partial charge in [-0.1, -0.05) is 16.4 Å². The number of aromatic nitrogens is 4. The van der Waals surface area contributed by atoms with E-state index in [1.54, 1.807) is 32.5 Å². The van der Waals surface area contributed by atoms with Crippen LogP contribution in [0.4, 0.5) is 8.78 Å². The van der Waals surface area contributed by atoms with E-state index in [9.17, 15) is 18.4 Å². The number of likely N-dealkylation sites (tertiary alicyclic amines) is 2. The summed E-state index contributed by atoms with van der Waals surface area (Å²) in [7, 11) is 0. The third-order valence-electron chi connectivity index (χ3n) is 8.70. The van der Waals surface area contributed by atoms with Crippen molar-refractivity contribution in [2.45, 2.75) is 37.5 Å². The number of carbonyl (C=O) groups excluding carboxylic acids is 2. The topological polar surface area (TPSA) is 118 Å². The number of thiophene rings is 2. The number of amides is 2. The van der Waals surface area contributed by atoms with Crippen molar-refractivity contribution in [3.05, 3.63) is 117 Å². The maximum atomic E-state index is 13.0. The minimum Gasteiger partial charge on any atom is -0.339 e. The van der Waals surface area contributed by atoms with Gasteiger partial charge >= 0.3 is 0 Å². The molecule has 0 aliphatic carbocycles. The number of rotatable bonds is 6. The standard InChI is InChI=1S/2C18H16FN3O2S/c19-14-7-5-12(6-8-14)18(23)22-9-1-3-13(11-22)17-20-16(21-24-17)15-4-2-10-25-15;19-15-5-3-12(4-6-15)18(23)22-8-1-2-13(10-22)17-20-16(21-24-17)14-7-9-25-11-14/h2,4-8,10,13H,1,3,9,11H2;3-7,9,11,13H,1-2,8,10H2/t2*13-/m00/s1. The van der Waals surface area contributed by atoms with Crippen LogP contribution in [0.5, 0.6) is 0 Å². The molecule has 6 aromatic rings. The van der Waals surface area contributed by atoms with Crippen molar-refractivity contribution in [1.29, 1.82) is 0 Å². The van der Waals surface area contributed by atoms with Crippen LogP contribution in [0.1, 0.15) is 70.0 Å². The lowest BCUT2D eigenvalue weighted by Gasteiger charge is -2.31. The van der Waals surface area contributed by atoms with Crippen molar-refractivity contribution in [2.75, 3.05) is 26.2 Å². The predicted octanol–water partition coefficient (Wildman–Crippen LogP) is 7.91. The largest absolute Gasteiger partial charge is 0.339 e. The highest BCUT2D eigenvalue weighted by atomic mass is 32.1. The van der Waals surface area contributed by atoms with E-state index in [0.717, 1.165) is 36.1 Å². The summed E-state index contributed by atoms with van der Waals surface area (Å²) in [5.41, 5.74) is 1.92. The minimum atomic E-state index is -0.347. The first-order chi connectivity index (χ1) is 24.4. The molecule has 0 spiro atoms. The van der Waals surface area contributed by atoms with E-state index in [2.05, 4.69) is 20.3 Å². The summed E-state index contributed by atoms with van der Waals surface area (Å²) in [6, 6.07) is 17.1. The lowest BCUT2D eigenvalue weighted by Crippen LogP contribution is -2.39. The predicted molar refractivity (Wildman–Crippen MR) is 184 cm³/mol. The van der Waals surface area contributed by atoms with Gasteiger partial charge in [0.15, 0.2) is 0 Å². The van der Waals surface area contributed by atoms with Crippen LogP contribution in [-0.4, -0.2) is 68.1 Å². The van der Waals surface area contributed by atoms with Gasteiger partial charge in [-0.25, -0.2) is 8.78 Å². The number of hydrogen-bond donors (Lipinski definition) is 0. The molecule has 14 heteroatoms. The Labute approximate surface area is 294 Å². The lowest BCUT2D eigenvalue weighted by molar-refractivity contribution is 0.0688. The van der Waals surface area contributed by atoms with E-state index in [1.165, 1.54) is 48.5 Å². The average Bonchev–Trinajstić information content (AvgIpc) is 4.00. The van der Waals surface area contributed by atoms with Gasteiger partial charge in [-0.2, -0.15) is 21.3 Å². The van der Waals surface area contributed by atoms with Crippen molar-refractivity contribution in [1.82, 2.24) is 30.1 Å². The normalized spacial score (nSPS) is 17.6. The summed E-state index contributed by atoms with van der Waals surface area (Å²) in [6.45, 7) is 2.42. The first kappa shape index (κ1) is 33.4. The summed E-state index contributed by atoms with van der Waals surface area (Å²) < 4.78 is 37.0. The van der Waals surface area contributed by atoms with E-state index < -0.39 is 0 Å². The van der Waals surface area contributed by atoms with Gasteiger partial charge in [-0.05, 0) is 97.1 Å². The molecule has 2 saturated heterocycles. The highest BCUT2D eigenvalue weighted by molar-refractivity contribution is 7.13. The molecule has 0 bridgehead atoms. The molecule has 6 heterocycles. The summed E-state index contributed by atoms with van der Waals surface area (Å²) in [5.74, 6) is 1.48. The number of carbonyl (C=O) groups is 2. The molecule has 0 saturated carbocycles. The highest BCUT2D eigenvalue weighted by Crippen LogP contribution is 2.31. The molecular weight excluding hydrogens is 683 g/mol. The maximum absolute atomic E-state index is 13.0. The third-order valence-corrected chi connectivity index (χ3v) is 10.3. The van der Waals surface area contributed by atoms with Crippen LogP contribution < -0.4 is 0 Å². The number of piperidine rings is 2. The van der Waals surface area contributed by atoms with Crippen LogP contribution in [0, 0.1) is 11.6 Å². The van der Waals surface area contributed by atoms with Crippen molar-refractivity contribution in [3.63, 3.8) is 0 Å². The summed E-state index contributed by atoms with van der Waals surface area (Å²) >= 11 is 3.14. The molecule has 2 aromatic carbocycles. The Morgan fingerprint density at radius 1 is 0.700 bits per heavy atom. The number of halogens is 2. The van der Waals surface area contributed by atoms with E-state index in [0.29, 0.717) is 60.7 Å². The molecule has 2 atom stereocenters. The first-order valence-corrected chi connectivity index (χ1v) is 18.1.